The standard InChI is InChI=1S/C27H20F3N3O2/c28-27(29,30)20-10-6-18(7-11-20)15-23-26(35)33-16-24(19-8-12-21(34)13-9-19)31-22(25(33)32-23)14-17-4-2-1-3-5-17/h1-13,16,23,34H,14-15H2/p+1. The van der Waals surface area contributed by atoms with Crippen molar-refractivity contribution >= 4 is 11.7 Å². The Hall–Kier alpha value is -4.20. The van der Waals surface area contributed by atoms with E-state index in [-0.39, 0.29) is 18.1 Å². The lowest BCUT2D eigenvalue weighted by molar-refractivity contribution is -0.552. The largest absolute Gasteiger partial charge is 0.508 e. The lowest BCUT2D eigenvalue weighted by Gasteiger charge is -2.08. The van der Waals surface area contributed by atoms with Gasteiger partial charge in [0.25, 0.3) is 0 Å². The molecule has 2 heterocycles. The normalized spacial score (nSPS) is 15.1. The maximum absolute atomic E-state index is 13.3. The van der Waals surface area contributed by atoms with Crippen LogP contribution < -0.4 is 9.88 Å². The summed E-state index contributed by atoms with van der Waals surface area (Å²) >= 11 is 0. The minimum Gasteiger partial charge on any atom is -0.508 e. The molecule has 0 fully saturated rings. The maximum Gasteiger partial charge on any atom is 0.416 e. The summed E-state index contributed by atoms with van der Waals surface area (Å²) in [6.07, 6.45) is -2.04. The van der Waals surface area contributed by atoms with Crippen LogP contribution in [0.25, 0.3) is 11.3 Å². The van der Waals surface area contributed by atoms with Gasteiger partial charge in [-0.25, -0.2) is 9.78 Å². The van der Waals surface area contributed by atoms with E-state index >= 15 is 0 Å². The fraction of sp³-hybridized carbons (Fsp3) is 0.148. The van der Waals surface area contributed by atoms with E-state index in [9.17, 15) is 23.1 Å². The van der Waals surface area contributed by atoms with Gasteiger partial charge in [-0.2, -0.15) is 17.7 Å². The molecule has 0 saturated heterocycles. The summed E-state index contributed by atoms with van der Waals surface area (Å²) in [7, 11) is 0. The average Bonchev–Trinajstić information content (AvgIpc) is 3.15. The van der Waals surface area contributed by atoms with Crippen LogP contribution in [0, 0.1) is 0 Å². The number of hydrogen-bond donors (Lipinski definition) is 2. The molecule has 2 N–H and O–H groups in total. The third kappa shape index (κ3) is 4.73. The van der Waals surface area contributed by atoms with Crippen LogP contribution in [0.3, 0.4) is 0 Å². The monoisotopic (exact) mass is 476 g/mol. The van der Waals surface area contributed by atoms with E-state index in [0.29, 0.717) is 29.2 Å². The molecule has 1 atom stereocenters. The summed E-state index contributed by atoms with van der Waals surface area (Å²) in [4.78, 5) is 18.1. The highest BCUT2D eigenvalue weighted by molar-refractivity contribution is 5.82. The average molecular weight is 476 g/mol. The number of nitrogens with one attached hydrogen (secondary N) is 1. The summed E-state index contributed by atoms with van der Waals surface area (Å²) in [6.45, 7) is 0. The molecule has 5 nitrogen and oxygen atoms in total. The predicted octanol–water partition coefficient (Wildman–Crippen LogP) is 5.03. The van der Waals surface area contributed by atoms with Crippen molar-refractivity contribution in [1.82, 2.24) is 4.98 Å². The van der Waals surface area contributed by atoms with Crippen LogP contribution in [0.5, 0.6) is 5.75 Å². The zero-order chi connectivity index (χ0) is 24.6. The fourth-order valence-corrected chi connectivity index (χ4v) is 4.16. The number of aromatic hydroxyl groups is 1. The predicted molar refractivity (Wildman–Crippen MR) is 124 cm³/mol. The molecule has 0 radical (unpaired) electrons. The van der Waals surface area contributed by atoms with Crippen LogP contribution in [0.2, 0.25) is 0 Å². The highest BCUT2D eigenvalue weighted by Crippen LogP contribution is 2.30. The first-order chi connectivity index (χ1) is 16.8. The number of nitrogens with zero attached hydrogens (tertiary/aromatic N) is 2. The Bertz CT molecular complexity index is 1370. The summed E-state index contributed by atoms with van der Waals surface area (Å²) in [6, 6.07) is 20.5. The number of carbonyl (C=O) groups is 1. The van der Waals surface area contributed by atoms with Crippen LogP contribution in [-0.2, 0) is 19.0 Å². The second-order valence-electron chi connectivity index (χ2n) is 8.43. The number of phenolic OH excluding ortho intramolecular Hbond substituents is 1. The molecule has 1 unspecified atom stereocenters. The van der Waals surface area contributed by atoms with E-state index < -0.39 is 17.8 Å². The van der Waals surface area contributed by atoms with Crippen LogP contribution in [-0.4, -0.2) is 22.0 Å². The number of alkyl halides is 3. The Morgan fingerprint density at radius 3 is 2.26 bits per heavy atom. The molecule has 0 spiro atoms. The smallest absolute Gasteiger partial charge is 0.416 e. The quantitative estimate of drug-likeness (QED) is 0.397. The summed E-state index contributed by atoms with van der Waals surface area (Å²) in [5.74, 6) is 0.483. The van der Waals surface area contributed by atoms with Crippen LogP contribution in [0.4, 0.5) is 19.0 Å². The van der Waals surface area contributed by atoms with Crippen molar-refractivity contribution in [3.63, 3.8) is 0 Å². The van der Waals surface area contributed by atoms with Gasteiger partial charge in [0.05, 0.1) is 5.56 Å². The Morgan fingerprint density at radius 1 is 0.914 bits per heavy atom. The summed E-state index contributed by atoms with van der Waals surface area (Å²) in [5.41, 5.74) is 2.90. The topological polar surface area (TPSA) is 66.1 Å². The molecule has 0 saturated carbocycles. The number of rotatable bonds is 5. The number of phenols is 1. The van der Waals surface area contributed by atoms with Gasteiger partial charge in [-0.3, -0.25) is 5.32 Å². The summed E-state index contributed by atoms with van der Waals surface area (Å²) in [5, 5.41) is 12.9. The third-order valence-corrected chi connectivity index (χ3v) is 5.97. The van der Waals surface area contributed by atoms with E-state index in [2.05, 4.69) is 5.32 Å². The minimum absolute atomic E-state index is 0.126. The van der Waals surface area contributed by atoms with Gasteiger partial charge in [0.2, 0.25) is 0 Å². The van der Waals surface area contributed by atoms with E-state index in [1.54, 1.807) is 30.5 Å². The number of fused-ring (bicyclic) bond motifs is 1. The molecule has 3 aromatic carbocycles. The zero-order valence-corrected chi connectivity index (χ0v) is 18.5. The molecular weight excluding hydrogens is 455 g/mol. The van der Waals surface area contributed by atoms with Gasteiger partial charge in [0.1, 0.15) is 23.3 Å². The molecule has 1 aliphatic rings. The molecule has 8 heteroatoms. The van der Waals surface area contributed by atoms with Gasteiger partial charge in [-0.05, 0) is 47.5 Å². The van der Waals surface area contributed by atoms with E-state index in [0.717, 1.165) is 23.3 Å². The van der Waals surface area contributed by atoms with Gasteiger partial charge >= 0.3 is 17.9 Å². The van der Waals surface area contributed by atoms with Crippen molar-refractivity contribution in [3.8, 4) is 17.0 Å². The SMILES string of the molecule is O=C1C(Cc2ccc(C(F)(F)F)cc2)Nc2c(Cc3ccccc3)nc(-c3ccc(O)cc3)c[n+]21. The molecule has 0 bridgehead atoms. The van der Waals surface area contributed by atoms with Crippen molar-refractivity contribution in [2.45, 2.75) is 25.1 Å². The molecule has 35 heavy (non-hydrogen) atoms. The number of aromatic nitrogens is 2. The first-order valence-corrected chi connectivity index (χ1v) is 11.0. The minimum atomic E-state index is -4.41. The van der Waals surface area contributed by atoms with E-state index in [1.165, 1.54) is 16.7 Å². The number of anilines is 1. The molecule has 4 aromatic rings. The van der Waals surface area contributed by atoms with Gasteiger partial charge in [0, 0.05) is 18.4 Å². The fourth-order valence-electron chi connectivity index (χ4n) is 4.16. The Labute approximate surface area is 199 Å². The summed E-state index contributed by atoms with van der Waals surface area (Å²) < 4.78 is 40.2. The van der Waals surface area contributed by atoms with Crippen molar-refractivity contribution in [2.24, 2.45) is 0 Å². The molecule has 1 aliphatic heterocycles. The Morgan fingerprint density at radius 2 is 1.60 bits per heavy atom. The number of halogens is 3. The van der Waals surface area contributed by atoms with E-state index in [4.69, 9.17) is 4.98 Å². The number of carbonyl (C=O) groups excluding carboxylic acids is 1. The highest BCUT2D eigenvalue weighted by Gasteiger charge is 2.41. The molecule has 0 aliphatic carbocycles. The van der Waals surface area contributed by atoms with Crippen LogP contribution in [0.1, 0.15) is 27.2 Å². The second kappa shape index (κ2) is 8.87. The molecule has 176 valence electrons. The maximum atomic E-state index is 13.3. The second-order valence-corrected chi connectivity index (χ2v) is 8.43. The lowest BCUT2D eigenvalue weighted by atomic mass is 10.0. The van der Waals surface area contributed by atoms with Crippen molar-refractivity contribution in [3.05, 3.63) is 107 Å². The van der Waals surface area contributed by atoms with Crippen LogP contribution in [0.15, 0.2) is 85.1 Å². The Kier molecular flexibility index (Phi) is 5.72. The van der Waals surface area contributed by atoms with Gasteiger partial charge in [-0.15, -0.1) is 0 Å². The van der Waals surface area contributed by atoms with Crippen molar-refractivity contribution in [2.75, 3.05) is 5.32 Å². The van der Waals surface area contributed by atoms with Gasteiger partial charge in [0.15, 0.2) is 6.04 Å². The number of benzene rings is 3. The van der Waals surface area contributed by atoms with Gasteiger partial charge in [-0.1, -0.05) is 42.5 Å². The van der Waals surface area contributed by atoms with Crippen molar-refractivity contribution < 1.29 is 27.6 Å². The van der Waals surface area contributed by atoms with E-state index in [1.807, 2.05) is 30.3 Å². The highest BCUT2D eigenvalue weighted by atomic mass is 19.4. The van der Waals surface area contributed by atoms with Gasteiger partial charge < -0.3 is 5.11 Å². The zero-order valence-electron chi connectivity index (χ0n) is 18.5. The molecular formula is C27H21F3N3O2+. The molecule has 5 rings (SSSR count). The van der Waals surface area contributed by atoms with Crippen molar-refractivity contribution in [1.29, 1.82) is 0 Å². The molecule has 0 amide bonds. The third-order valence-electron chi connectivity index (χ3n) is 5.97. The number of hydrogen-bond acceptors (Lipinski definition) is 4. The first-order valence-electron chi connectivity index (χ1n) is 11.0. The van der Waals surface area contributed by atoms with Crippen LogP contribution >= 0.6 is 0 Å². The Balaban J connectivity index is 1.48. The lowest BCUT2D eigenvalue weighted by Crippen LogP contribution is -2.44. The molecule has 1 aromatic heterocycles. The first kappa shape index (κ1) is 22.6.